The quantitative estimate of drug-likeness (QED) is 0.431. The number of rotatable bonds is 2. The molecule has 15 heavy (non-hydrogen) atoms. The summed E-state index contributed by atoms with van der Waals surface area (Å²) >= 11 is 0. The van der Waals surface area contributed by atoms with E-state index in [9.17, 15) is 4.79 Å². The average molecular weight is 210 g/mol. The van der Waals surface area contributed by atoms with Gasteiger partial charge in [0.15, 0.2) is 0 Å². The molecule has 0 radical (unpaired) electrons. The third-order valence-electron chi connectivity index (χ3n) is 2.82. The summed E-state index contributed by atoms with van der Waals surface area (Å²) in [5.74, 6) is -0.342. The molecule has 1 aliphatic carbocycles. The summed E-state index contributed by atoms with van der Waals surface area (Å²) < 4.78 is 4.35. The summed E-state index contributed by atoms with van der Waals surface area (Å²) in [5.41, 5.74) is 1.13. The van der Waals surface area contributed by atoms with Crippen molar-refractivity contribution >= 4 is 5.97 Å². The largest absolute Gasteiger partial charge is 0.351 e. The average Bonchev–Trinajstić information content (AvgIpc) is 2.52. The van der Waals surface area contributed by atoms with Gasteiger partial charge in [-0.15, -0.1) is 5.26 Å². The van der Waals surface area contributed by atoms with Gasteiger partial charge in [0.05, 0.1) is 5.92 Å². The SMILES string of the molecule is CC(C)=CC1C(C(=O)OC#N)C1(C)C.N. The lowest BCUT2D eigenvalue weighted by molar-refractivity contribution is -0.139. The van der Waals surface area contributed by atoms with Gasteiger partial charge in [-0.1, -0.05) is 25.5 Å². The lowest BCUT2D eigenvalue weighted by Gasteiger charge is -1.97. The molecule has 0 bridgehead atoms. The van der Waals surface area contributed by atoms with Gasteiger partial charge >= 0.3 is 5.97 Å². The van der Waals surface area contributed by atoms with Crippen LogP contribution in [0.3, 0.4) is 0 Å². The van der Waals surface area contributed by atoms with Crippen LogP contribution in [0.15, 0.2) is 11.6 Å². The van der Waals surface area contributed by atoms with Crippen molar-refractivity contribution in [3.8, 4) is 6.26 Å². The van der Waals surface area contributed by atoms with Crippen LogP contribution >= 0.6 is 0 Å². The summed E-state index contributed by atoms with van der Waals surface area (Å²) in [6, 6.07) is 0. The Kier molecular flexibility index (Phi) is 4.06. The predicted molar refractivity (Wildman–Crippen MR) is 56.9 cm³/mol. The zero-order chi connectivity index (χ0) is 10.9. The molecule has 0 aromatic carbocycles. The highest BCUT2D eigenvalue weighted by Gasteiger charge is 2.61. The molecule has 2 unspecified atom stereocenters. The van der Waals surface area contributed by atoms with Crippen LogP contribution < -0.4 is 6.15 Å². The van der Waals surface area contributed by atoms with E-state index in [0.29, 0.717) is 0 Å². The van der Waals surface area contributed by atoms with Crippen LogP contribution in [0, 0.1) is 28.8 Å². The number of carbonyl (C=O) groups excluding carboxylic acids is 1. The van der Waals surface area contributed by atoms with Crippen molar-refractivity contribution < 1.29 is 9.53 Å². The molecular weight excluding hydrogens is 192 g/mol. The summed E-state index contributed by atoms with van der Waals surface area (Å²) in [6.07, 6.45) is 3.50. The number of esters is 1. The van der Waals surface area contributed by atoms with E-state index in [4.69, 9.17) is 5.26 Å². The highest BCUT2D eigenvalue weighted by atomic mass is 16.5. The van der Waals surface area contributed by atoms with E-state index in [1.165, 1.54) is 11.8 Å². The van der Waals surface area contributed by atoms with E-state index < -0.39 is 5.97 Å². The van der Waals surface area contributed by atoms with Crippen molar-refractivity contribution in [2.45, 2.75) is 27.7 Å². The van der Waals surface area contributed by atoms with E-state index in [2.05, 4.69) is 10.8 Å². The molecule has 0 spiro atoms. The molecule has 84 valence electrons. The second-order valence-electron chi connectivity index (χ2n) is 4.58. The zero-order valence-corrected chi connectivity index (χ0v) is 9.70. The van der Waals surface area contributed by atoms with Gasteiger partial charge in [-0.25, -0.2) is 0 Å². The van der Waals surface area contributed by atoms with Crippen LogP contribution in [0.25, 0.3) is 0 Å². The van der Waals surface area contributed by atoms with Gasteiger partial charge in [-0.2, -0.15) is 0 Å². The molecule has 0 aromatic heterocycles. The number of hydrogen-bond donors (Lipinski definition) is 1. The monoisotopic (exact) mass is 210 g/mol. The molecule has 2 atom stereocenters. The van der Waals surface area contributed by atoms with E-state index in [0.717, 1.165) is 0 Å². The Morgan fingerprint density at radius 2 is 2.00 bits per heavy atom. The lowest BCUT2D eigenvalue weighted by Crippen LogP contribution is -2.07. The Morgan fingerprint density at radius 1 is 1.47 bits per heavy atom. The Hall–Kier alpha value is -1.34. The number of ether oxygens (including phenoxy) is 1. The van der Waals surface area contributed by atoms with Gasteiger partial charge in [0, 0.05) is 0 Å². The first-order chi connectivity index (χ1) is 6.41. The van der Waals surface area contributed by atoms with Gasteiger partial charge in [-0.3, -0.25) is 4.79 Å². The maximum Gasteiger partial charge on any atom is 0.325 e. The molecule has 0 heterocycles. The fourth-order valence-electron chi connectivity index (χ4n) is 1.91. The van der Waals surface area contributed by atoms with Gasteiger partial charge in [-0.05, 0) is 25.2 Å². The highest BCUT2D eigenvalue weighted by molar-refractivity contribution is 5.79. The van der Waals surface area contributed by atoms with E-state index in [1.807, 2.05) is 27.7 Å². The predicted octanol–water partition coefficient (Wildman–Crippen LogP) is 2.41. The lowest BCUT2D eigenvalue weighted by atomic mass is 10.1. The molecule has 4 nitrogen and oxygen atoms in total. The van der Waals surface area contributed by atoms with E-state index >= 15 is 0 Å². The third-order valence-corrected chi connectivity index (χ3v) is 2.82. The fourth-order valence-corrected chi connectivity index (χ4v) is 1.91. The molecule has 1 rings (SSSR count). The van der Waals surface area contributed by atoms with Crippen LogP contribution in [0.5, 0.6) is 0 Å². The molecule has 0 aliphatic heterocycles. The number of allylic oxidation sites excluding steroid dienone is 2. The number of nitrogens with zero attached hydrogens (tertiary/aromatic N) is 1. The third kappa shape index (κ3) is 2.57. The van der Waals surface area contributed by atoms with Crippen molar-refractivity contribution in [1.29, 1.82) is 5.26 Å². The van der Waals surface area contributed by atoms with Gasteiger partial charge in [0.2, 0.25) is 0 Å². The maximum absolute atomic E-state index is 11.3. The Balaban J connectivity index is 0.00000196. The van der Waals surface area contributed by atoms with E-state index in [1.54, 1.807) is 0 Å². The first-order valence-electron chi connectivity index (χ1n) is 4.66. The summed E-state index contributed by atoms with van der Waals surface area (Å²) in [7, 11) is 0. The smallest absolute Gasteiger partial charge is 0.325 e. The van der Waals surface area contributed by atoms with Crippen molar-refractivity contribution in [3.05, 3.63) is 11.6 Å². The Morgan fingerprint density at radius 3 is 2.40 bits per heavy atom. The van der Waals surface area contributed by atoms with Gasteiger partial charge in [0.25, 0.3) is 6.26 Å². The van der Waals surface area contributed by atoms with Crippen molar-refractivity contribution in [2.24, 2.45) is 17.3 Å². The number of hydrogen-bond acceptors (Lipinski definition) is 4. The molecule has 0 saturated heterocycles. The molecule has 0 amide bonds. The standard InChI is InChI=1S/C11H15NO2.H3N/c1-7(2)5-8-9(11(8,3)4)10(13)14-6-12;/h5,8-9H,1-4H3;1H3. The molecule has 3 N–H and O–H groups in total. The zero-order valence-electron chi connectivity index (χ0n) is 9.70. The Labute approximate surface area is 90.5 Å². The summed E-state index contributed by atoms with van der Waals surface area (Å²) in [5, 5.41) is 8.24. The first kappa shape index (κ1) is 13.7. The van der Waals surface area contributed by atoms with E-state index in [-0.39, 0.29) is 23.4 Å². The molecule has 0 aromatic rings. The first-order valence-corrected chi connectivity index (χ1v) is 4.66. The summed E-state index contributed by atoms with van der Waals surface area (Å²) in [4.78, 5) is 11.3. The van der Waals surface area contributed by atoms with Crippen LogP contribution in [-0.2, 0) is 9.53 Å². The minimum absolute atomic E-state index is 0. The normalized spacial score (nSPS) is 25.5. The minimum Gasteiger partial charge on any atom is -0.351 e. The minimum atomic E-state index is -0.403. The van der Waals surface area contributed by atoms with Gasteiger partial charge in [0.1, 0.15) is 0 Å². The van der Waals surface area contributed by atoms with Crippen LogP contribution in [0.1, 0.15) is 27.7 Å². The maximum atomic E-state index is 11.3. The van der Waals surface area contributed by atoms with Gasteiger partial charge < -0.3 is 10.9 Å². The molecule has 4 heteroatoms. The molecular formula is C11H18N2O2. The van der Waals surface area contributed by atoms with Crippen LogP contribution in [0.4, 0.5) is 0 Å². The second-order valence-corrected chi connectivity index (χ2v) is 4.58. The molecule has 1 aliphatic rings. The molecule has 1 fully saturated rings. The van der Waals surface area contributed by atoms with Crippen molar-refractivity contribution in [1.82, 2.24) is 6.15 Å². The summed E-state index contributed by atoms with van der Waals surface area (Å²) in [6.45, 7) is 8.03. The fraction of sp³-hybridized carbons (Fsp3) is 0.636. The number of carbonyl (C=O) groups is 1. The number of nitriles is 1. The molecule has 1 saturated carbocycles. The second kappa shape index (κ2) is 4.45. The Bertz CT molecular complexity index is 322. The van der Waals surface area contributed by atoms with Crippen molar-refractivity contribution in [3.63, 3.8) is 0 Å². The van der Waals surface area contributed by atoms with Crippen LogP contribution in [0.2, 0.25) is 0 Å². The van der Waals surface area contributed by atoms with Crippen LogP contribution in [-0.4, -0.2) is 5.97 Å². The highest BCUT2D eigenvalue weighted by Crippen LogP contribution is 2.59. The topological polar surface area (TPSA) is 85.1 Å². The van der Waals surface area contributed by atoms with Crippen molar-refractivity contribution in [2.75, 3.05) is 0 Å².